The van der Waals surface area contributed by atoms with E-state index in [2.05, 4.69) is 57.1 Å². The van der Waals surface area contributed by atoms with Gasteiger partial charge in [-0.2, -0.15) is 0 Å². The number of anilines is 2. The second-order valence-corrected chi connectivity index (χ2v) is 10.2. The van der Waals surface area contributed by atoms with E-state index >= 15 is 4.39 Å². The Bertz CT molecular complexity index is 1680. The number of benzene rings is 2. The Labute approximate surface area is 253 Å². The lowest BCUT2D eigenvalue weighted by Crippen LogP contribution is -2.28. The Kier molecular flexibility index (Phi) is 10.5. The van der Waals surface area contributed by atoms with Gasteiger partial charge in [0.05, 0.1) is 11.9 Å². The number of fused-ring (bicyclic) bond motifs is 1. The third-order valence-corrected chi connectivity index (χ3v) is 7.38. The van der Waals surface area contributed by atoms with Crippen molar-refractivity contribution < 1.29 is 4.39 Å². The van der Waals surface area contributed by atoms with Gasteiger partial charge in [-0.1, -0.05) is 38.3 Å². The van der Waals surface area contributed by atoms with Crippen LogP contribution in [0.1, 0.15) is 36.1 Å². The number of halogens is 1. The Hall–Kier alpha value is -4.76. The Morgan fingerprint density at radius 1 is 1.12 bits per heavy atom. The summed E-state index contributed by atoms with van der Waals surface area (Å²) < 4.78 is 17.6. The van der Waals surface area contributed by atoms with Crippen LogP contribution in [-0.4, -0.2) is 46.8 Å². The summed E-state index contributed by atoms with van der Waals surface area (Å²) in [5, 5.41) is 9.96. The Morgan fingerprint density at radius 3 is 2.63 bits per heavy atom. The summed E-state index contributed by atoms with van der Waals surface area (Å²) in [6.45, 7) is 15.8. The monoisotopic (exact) mass is 580 g/mol. The molecule has 0 saturated carbocycles. The van der Waals surface area contributed by atoms with Crippen molar-refractivity contribution in [3.63, 3.8) is 0 Å². The molecule has 0 bridgehead atoms. The molecular weight excluding hydrogens is 539 g/mol. The highest BCUT2D eigenvalue weighted by molar-refractivity contribution is 5.96. The number of nitrogens with zero attached hydrogens (tertiary/aromatic N) is 4. The number of imidazole rings is 1. The molecule has 4 rings (SSSR count). The minimum absolute atomic E-state index is 0.265. The van der Waals surface area contributed by atoms with Crippen molar-refractivity contribution >= 4 is 28.6 Å². The first-order valence-electron chi connectivity index (χ1n) is 14.4. The van der Waals surface area contributed by atoms with Crippen LogP contribution in [-0.2, 0) is 12.8 Å². The largest absolute Gasteiger partial charge is 0.386 e. The summed E-state index contributed by atoms with van der Waals surface area (Å²) in [4.78, 5) is 13.5. The van der Waals surface area contributed by atoms with Gasteiger partial charge < -0.3 is 21.7 Å². The van der Waals surface area contributed by atoms with Gasteiger partial charge in [0.25, 0.3) is 0 Å². The maximum absolute atomic E-state index is 15.7. The predicted octanol–water partition coefficient (Wildman–Crippen LogP) is 5.96. The van der Waals surface area contributed by atoms with Crippen LogP contribution in [0, 0.1) is 12.7 Å². The lowest BCUT2D eigenvalue weighted by molar-refractivity contribution is 0.619. The number of aromatic nitrogens is 3. The van der Waals surface area contributed by atoms with Gasteiger partial charge in [-0.3, -0.25) is 9.39 Å². The molecule has 0 aliphatic heterocycles. The van der Waals surface area contributed by atoms with Crippen molar-refractivity contribution in [3.8, 4) is 11.3 Å². The molecule has 0 saturated heterocycles. The molecular formula is C34H41FN8. The van der Waals surface area contributed by atoms with Crippen LogP contribution in [0.3, 0.4) is 0 Å². The van der Waals surface area contributed by atoms with Crippen LogP contribution in [0.5, 0.6) is 0 Å². The zero-order valence-electron chi connectivity index (χ0n) is 25.5. The summed E-state index contributed by atoms with van der Waals surface area (Å²) in [6, 6.07) is 9.91. The fourth-order valence-electron chi connectivity index (χ4n) is 4.94. The van der Waals surface area contributed by atoms with Gasteiger partial charge in [-0.05, 0) is 61.2 Å². The summed E-state index contributed by atoms with van der Waals surface area (Å²) >= 11 is 0. The smallest absolute Gasteiger partial charge is 0.180 e. The molecule has 0 atom stereocenters. The number of allylic oxidation sites excluding steroid dienone is 2. The topological polar surface area (TPSA) is 105 Å². The van der Waals surface area contributed by atoms with Crippen LogP contribution >= 0.6 is 0 Å². The fourth-order valence-corrected chi connectivity index (χ4v) is 4.94. The molecule has 5 N–H and O–H groups in total. The van der Waals surface area contributed by atoms with E-state index in [9.17, 15) is 0 Å². The third-order valence-electron chi connectivity index (χ3n) is 7.38. The maximum Gasteiger partial charge on any atom is 0.180 e. The number of aliphatic imine (C=N–C) groups is 1. The molecule has 0 fully saturated rings. The van der Waals surface area contributed by atoms with Crippen LogP contribution in [0.15, 0.2) is 84.9 Å². The molecule has 0 aliphatic rings. The fraction of sp³-hybridized carbons (Fsp3) is 0.265. The van der Waals surface area contributed by atoms with E-state index in [0.717, 1.165) is 45.9 Å². The molecule has 0 radical (unpaired) electrons. The summed E-state index contributed by atoms with van der Waals surface area (Å²) in [5.41, 5.74) is 14.4. The second-order valence-electron chi connectivity index (χ2n) is 10.2. The zero-order valence-corrected chi connectivity index (χ0v) is 25.5. The quantitative estimate of drug-likeness (QED) is 0.108. The number of hydrogen-bond donors (Lipinski definition) is 4. The molecule has 0 aliphatic carbocycles. The normalized spacial score (nSPS) is 11.7. The number of rotatable bonds is 14. The van der Waals surface area contributed by atoms with Crippen molar-refractivity contribution in [2.75, 3.05) is 32.0 Å². The van der Waals surface area contributed by atoms with E-state index < -0.39 is 0 Å². The highest BCUT2D eigenvalue weighted by Crippen LogP contribution is 2.30. The van der Waals surface area contributed by atoms with Gasteiger partial charge in [0, 0.05) is 79.4 Å². The average Bonchev–Trinajstić information content (AvgIpc) is 3.45. The zero-order chi connectivity index (χ0) is 30.9. The minimum Gasteiger partial charge on any atom is -0.386 e. The molecule has 8 nitrogen and oxygen atoms in total. The molecule has 4 aromatic rings. The van der Waals surface area contributed by atoms with Gasteiger partial charge >= 0.3 is 0 Å². The van der Waals surface area contributed by atoms with Crippen LogP contribution in [0.2, 0.25) is 0 Å². The van der Waals surface area contributed by atoms with Crippen molar-refractivity contribution in [3.05, 3.63) is 108 Å². The Balaban J connectivity index is 1.56. The first-order valence-corrected chi connectivity index (χ1v) is 14.4. The highest BCUT2D eigenvalue weighted by atomic mass is 19.1. The van der Waals surface area contributed by atoms with Gasteiger partial charge in [0.2, 0.25) is 0 Å². The molecule has 2 aromatic heterocycles. The first-order chi connectivity index (χ1) is 20.8. The highest BCUT2D eigenvalue weighted by Gasteiger charge is 2.17. The second kappa shape index (κ2) is 14.4. The van der Waals surface area contributed by atoms with E-state index in [4.69, 9.17) is 5.73 Å². The molecule has 0 amide bonds. The molecule has 2 aromatic carbocycles. The molecule has 2 heterocycles. The number of aryl methyl sites for hydroxylation is 1. The molecule has 0 unspecified atom stereocenters. The maximum atomic E-state index is 15.7. The van der Waals surface area contributed by atoms with Crippen molar-refractivity contribution in [2.24, 2.45) is 10.7 Å². The first kappa shape index (κ1) is 31.2. The standard InChI is InChI=1S/C34H41FN8/c1-7-9-27(37-6)19-26-10-12-30(32(35)23(26)4)31-21-41-34-33(40-16-17-43(31)34)42-28-11-13-29(25(8-2)18-28)24(5)39-15-14-38-22(3)20-36/h7,9-13,16-18,21,38-39H,3,5,8,14-15,19-20,36H2,1-2,4,6H3,(H,40,42)/b9-7-,37-27?. The predicted molar refractivity (Wildman–Crippen MR) is 177 cm³/mol. The third kappa shape index (κ3) is 7.18. The van der Waals surface area contributed by atoms with E-state index in [1.165, 1.54) is 0 Å². The molecule has 0 spiro atoms. The SMILES string of the molecule is C=C(CN)NCCNC(=C)c1ccc(Nc2nccn3c(-c4ccc(CC(/C=C\C)=NC)c(C)c4F)cnc23)cc1CC. The minimum atomic E-state index is -0.265. The van der Waals surface area contributed by atoms with E-state index in [1.807, 2.05) is 54.7 Å². The molecule has 9 heteroatoms. The van der Waals surface area contributed by atoms with E-state index in [-0.39, 0.29) is 5.82 Å². The molecule has 224 valence electrons. The van der Waals surface area contributed by atoms with Gasteiger partial charge in [-0.25, -0.2) is 14.4 Å². The van der Waals surface area contributed by atoms with Crippen molar-refractivity contribution in [1.29, 1.82) is 0 Å². The Morgan fingerprint density at radius 2 is 1.91 bits per heavy atom. The number of nitrogens with two attached hydrogens (primary N) is 1. The lowest BCUT2D eigenvalue weighted by Gasteiger charge is -2.16. The van der Waals surface area contributed by atoms with Gasteiger partial charge in [0.1, 0.15) is 5.82 Å². The lowest BCUT2D eigenvalue weighted by atomic mass is 9.98. The van der Waals surface area contributed by atoms with E-state index in [1.54, 1.807) is 25.6 Å². The van der Waals surface area contributed by atoms with Crippen LogP contribution < -0.4 is 21.7 Å². The molecule has 43 heavy (non-hydrogen) atoms. The van der Waals surface area contributed by atoms with E-state index in [0.29, 0.717) is 54.3 Å². The van der Waals surface area contributed by atoms with Crippen LogP contribution in [0.4, 0.5) is 15.9 Å². The average molecular weight is 581 g/mol. The number of hydrogen-bond acceptors (Lipinski definition) is 7. The summed E-state index contributed by atoms with van der Waals surface area (Å²) in [6.07, 6.45) is 10.5. The van der Waals surface area contributed by atoms with Gasteiger partial charge in [-0.15, -0.1) is 0 Å². The number of nitrogens with one attached hydrogen (secondary N) is 3. The van der Waals surface area contributed by atoms with Crippen molar-refractivity contribution in [2.45, 2.75) is 33.6 Å². The van der Waals surface area contributed by atoms with Crippen LogP contribution in [0.25, 0.3) is 22.6 Å². The summed E-state index contributed by atoms with van der Waals surface area (Å²) in [7, 11) is 1.75. The van der Waals surface area contributed by atoms with Crippen molar-refractivity contribution in [1.82, 2.24) is 25.0 Å². The summed E-state index contributed by atoms with van der Waals surface area (Å²) in [5.74, 6) is 0.314. The van der Waals surface area contributed by atoms with Gasteiger partial charge in [0.15, 0.2) is 11.5 Å².